The maximum atomic E-state index is 8.07. The van der Waals surface area contributed by atoms with Gasteiger partial charge in [0.2, 0.25) is 0 Å². The number of allylic oxidation sites excluding steroid dienone is 5. The monoisotopic (exact) mass is 547 g/mol. The Kier molecular flexibility index (Phi) is 8.79. The largest absolute Gasteiger partial charge is 0.399 e. The Morgan fingerprint density at radius 2 is 1.45 bits per heavy atom. The second-order valence-corrected chi connectivity index (χ2v) is 10.7. The van der Waals surface area contributed by atoms with E-state index in [0.717, 1.165) is 51.2 Å². The molecule has 1 atom stereocenters. The Balaban J connectivity index is 0.000000199. The molecule has 3 heteroatoms. The number of hydrogen-bond acceptors (Lipinski definition) is 3. The number of hydrogen-bond donors (Lipinski definition) is 3. The SMILES string of the molecule is C/C=C\c1cccc(-c2ccc3ccc(-c4ccc(N)cc4)cc3c2)c1N.CC1C=CC(C(=N)c2ccccc2)=CC1. The van der Waals surface area contributed by atoms with E-state index in [9.17, 15) is 0 Å². The van der Waals surface area contributed by atoms with Crippen LogP contribution in [-0.4, -0.2) is 5.71 Å². The molecule has 1 aliphatic rings. The number of anilines is 2. The van der Waals surface area contributed by atoms with Gasteiger partial charge in [-0.1, -0.05) is 122 Å². The lowest BCUT2D eigenvalue weighted by atomic mass is 9.93. The fraction of sp³-hybridized carbons (Fsp3) is 0.103. The molecule has 0 saturated heterocycles. The van der Waals surface area contributed by atoms with Gasteiger partial charge in [-0.2, -0.15) is 0 Å². The van der Waals surface area contributed by atoms with Gasteiger partial charge in [0, 0.05) is 16.9 Å². The molecule has 1 aliphatic carbocycles. The van der Waals surface area contributed by atoms with Crippen molar-refractivity contribution in [2.45, 2.75) is 20.3 Å². The Morgan fingerprint density at radius 3 is 2.14 bits per heavy atom. The molecule has 0 heterocycles. The fourth-order valence-corrected chi connectivity index (χ4v) is 5.11. The van der Waals surface area contributed by atoms with Crippen LogP contribution < -0.4 is 11.5 Å². The quantitative estimate of drug-likeness (QED) is 0.151. The minimum atomic E-state index is 0.609. The highest BCUT2D eigenvalue weighted by Crippen LogP contribution is 2.33. The predicted molar refractivity (Wildman–Crippen MR) is 183 cm³/mol. The van der Waals surface area contributed by atoms with Crippen LogP contribution >= 0.6 is 0 Å². The van der Waals surface area contributed by atoms with Gasteiger partial charge in [0.1, 0.15) is 0 Å². The summed E-state index contributed by atoms with van der Waals surface area (Å²) in [5, 5.41) is 10.5. The Morgan fingerprint density at radius 1 is 0.762 bits per heavy atom. The van der Waals surface area contributed by atoms with Gasteiger partial charge in [-0.25, -0.2) is 0 Å². The predicted octanol–water partition coefficient (Wildman–Crippen LogP) is 9.95. The molecule has 0 bridgehead atoms. The zero-order valence-electron chi connectivity index (χ0n) is 24.2. The zero-order valence-corrected chi connectivity index (χ0v) is 24.2. The summed E-state index contributed by atoms with van der Waals surface area (Å²) in [6.45, 7) is 4.19. The molecule has 0 amide bonds. The first-order valence-electron chi connectivity index (χ1n) is 14.4. The van der Waals surface area contributed by atoms with Crippen LogP contribution in [0.1, 0.15) is 31.4 Å². The van der Waals surface area contributed by atoms with Crippen molar-refractivity contribution in [3.8, 4) is 22.3 Å². The highest BCUT2D eigenvalue weighted by molar-refractivity contribution is 6.12. The first kappa shape index (κ1) is 28.4. The standard InChI is InChI=1S/C25H22N2.C14H15N/c1-2-4-19-5-3-6-24(25(19)27)21-10-8-18-7-9-20(15-22(18)16-21)17-11-13-23(26)14-12-17;1-11-7-9-13(10-8-11)14(15)12-5-3-2-4-6-12/h2-16H,26-27H2,1H3;2-7,9-11,15H,8H2,1H3/b4-2-;. The maximum absolute atomic E-state index is 8.07. The molecule has 5 aromatic rings. The first-order chi connectivity index (χ1) is 20.4. The Labute approximate surface area is 249 Å². The molecule has 5 N–H and O–H groups in total. The van der Waals surface area contributed by atoms with Crippen molar-refractivity contribution in [1.29, 1.82) is 5.41 Å². The summed E-state index contributed by atoms with van der Waals surface area (Å²) in [5.41, 5.74) is 22.0. The first-order valence-corrected chi connectivity index (χ1v) is 14.4. The molecule has 1 unspecified atom stereocenters. The molecule has 3 nitrogen and oxygen atoms in total. The summed E-state index contributed by atoms with van der Waals surface area (Å²) < 4.78 is 0. The normalized spacial score (nSPS) is 14.3. The van der Waals surface area contributed by atoms with Gasteiger partial charge in [-0.3, -0.25) is 5.41 Å². The molecule has 6 rings (SSSR count). The molecule has 5 aromatic carbocycles. The number of fused-ring (bicyclic) bond motifs is 1. The van der Waals surface area contributed by atoms with Crippen molar-refractivity contribution in [2.75, 3.05) is 11.5 Å². The summed E-state index contributed by atoms with van der Waals surface area (Å²) in [6, 6.07) is 37.0. The highest BCUT2D eigenvalue weighted by atomic mass is 14.6. The van der Waals surface area contributed by atoms with Gasteiger partial charge in [0.25, 0.3) is 0 Å². The lowest BCUT2D eigenvalue weighted by Crippen LogP contribution is -2.05. The topological polar surface area (TPSA) is 75.9 Å². The van der Waals surface area contributed by atoms with Crippen LogP contribution in [-0.2, 0) is 0 Å². The molecule has 0 fully saturated rings. The van der Waals surface area contributed by atoms with Crippen LogP contribution in [0.15, 0.2) is 139 Å². The second-order valence-electron chi connectivity index (χ2n) is 10.7. The van der Waals surface area contributed by atoms with Crippen LogP contribution in [0.5, 0.6) is 0 Å². The number of nitrogens with two attached hydrogens (primary N) is 2. The molecule has 0 radical (unpaired) electrons. The smallest absolute Gasteiger partial charge is 0.0681 e. The fourth-order valence-electron chi connectivity index (χ4n) is 5.11. The number of nitrogen functional groups attached to an aromatic ring is 2. The van der Waals surface area contributed by atoms with E-state index in [1.54, 1.807) is 0 Å². The Hall–Kier alpha value is -5.15. The van der Waals surface area contributed by atoms with Gasteiger partial charge in [-0.05, 0) is 87.7 Å². The van der Waals surface area contributed by atoms with E-state index in [2.05, 4.69) is 85.8 Å². The average Bonchev–Trinajstić information content (AvgIpc) is 3.03. The summed E-state index contributed by atoms with van der Waals surface area (Å²) >= 11 is 0. The van der Waals surface area contributed by atoms with Crippen molar-refractivity contribution < 1.29 is 0 Å². The van der Waals surface area contributed by atoms with Crippen molar-refractivity contribution in [3.63, 3.8) is 0 Å². The maximum Gasteiger partial charge on any atom is 0.0681 e. The molecule has 42 heavy (non-hydrogen) atoms. The van der Waals surface area contributed by atoms with Gasteiger partial charge in [0.05, 0.1) is 5.71 Å². The van der Waals surface area contributed by atoms with Gasteiger partial charge < -0.3 is 11.5 Å². The zero-order chi connectivity index (χ0) is 29.5. The average molecular weight is 548 g/mol. The summed E-state index contributed by atoms with van der Waals surface area (Å²) in [6.07, 6.45) is 11.5. The number of rotatable bonds is 5. The van der Waals surface area contributed by atoms with Crippen LogP contribution in [0.25, 0.3) is 39.1 Å². The van der Waals surface area contributed by atoms with E-state index in [-0.39, 0.29) is 0 Å². The van der Waals surface area contributed by atoms with E-state index in [1.807, 2.05) is 67.6 Å². The minimum absolute atomic E-state index is 0.609. The van der Waals surface area contributed by atoms with Crippen LogP contribution in [0.2, 0.25) is 0 Å². The van der Waals surface area contributed by atoms with E-state index in [4.69, 9.17) is 16.9 Å². The second kappa shape index (κ2) is 13.0. The number of nitrogens with one attached hydrogen (secondary N) is 1. The summed E-state index contributed by atoms with van der Waals surface area (Å²) in [5.74, 6) is 0.609. The molecule has 208 valence electrons. The third-order valence-electron chi connectivity index (χ3n) is 7.55. The summed E-state index contributed by atoms with van der Waals surface area (Å²) in [4.78, 5) is 0. The Bertz CT molecular complexity index is 1790. The van der Waals surface area contributed by atoms with Gasteiger partial charge in [0.15, 0.2) is 0 Å². The highest BCUT2D eigenvalue weighted by Gasteiger charge is 2.10. The van der Waals surface area contributed by atoms with Crippen molar-refractivity contribution in [1.82, 2.24) is 0 Å². The lowest BCUT2D eigenvalue weighted by Gasteiger charge is -2.12. The lowest BCUT2D eigenvalue weighted by molar-refractivity contribution is 0.734. The molecule has 0 aliphatic heterocycles. The van der Waals surface area contributed by atoms with Crippen molar-refractivity contribution in [3.05, 3.63) is 150 Å². The van der Waals surface area contributed by atoms with Gasteiger partial charge in [-0.15, -0.1) is 0 Å². The molecule has 0 aromatic heterocycles. The molecular formula is C39H37N3. The third-order valence-corrected chi connectivity index (χ3v) is 7.55. The summed E-state index contributed by atoms with van der Waals surface area (Å²) in [7, 11) is 0. The minimum Gasteiger partial charge on any atom is -0.399 e. The van der Waals surface area contributed by atoms with Crippen molar-refractivity contribution >= 4 is 33.9 Å². The van der Waals surface area contributed by atoms with E-state index in [0.29, 0.717) is 11.6 Å². The number of benzene rings is 5. The van der Waals surface area contributed by atoms with E-state index in [1.165, 1.54) is 16.3 Å². The van der Waals surface area contributed by atoms with Crippen molar-refractivity contribution in [2.24, 2.45) is 5.92 Å². The number of para-hydroxylation sites is 1. The van der Waals surface area contributed by atoms with E-state index >= 15 is 0 Å². The van der Waals surface area contributed by atoms with Gasteiger partial charge >= 0.3 is 0 Å². The van der Waals surface area contributed by atoms with E-state index < -0.39 is 0 Å². The third kappa shape index (κ3) is 6.59. The van der Waals surface area contributed by atoms with Crippen LogP contribution in [0.4, 0.5) is 11.4 Å². The molecule has 0 saturated carbocycles. The molecule has 0 spiro atoms. The van der Waals surface area contributed by atoms with Crippen LogP contribution in [0, 0.1) is 11.3 Å². The van der Waals surface area contributed by atoms with Crippen LogP contribution in [0.3, 0.4) is 0 Å². The molecular weight excluding hydrogens is 510 g/mol.